The van der Waals surface area contributed by atoms with Crippen molar-refractivity contribution in [1.29, 1.82) is 0 Å². The lowest BCUT2D eigenvalue weighted by molar-refractivity contribution is -0.155. The molecule has 0 spiro atoms. The summed E-state index contributed by atoms with van der Waals surface area (Å²) in [7, 11) is 0. The lowest BCUT2D eigenvalue weighted by Crippen LogP contribution is -2.58. The molecule has 2 fully saturated rings. The molecule has 20 heavy (non-hydrogen) atoms. The number of amides is 1. The highest BCUT2D eigenvalue weighted by molar-refractivity contribution is 5.88. The molecule has 2 aliphatic heterocycles. The number of ether oxygens (including phenoxy) is 2. The molecule has 2 saturated heterocycles. The van der Waals surface area contributed by atoms with Gasteiger partial charge in [-0.2, -0.15) is 0 Å². The van der Waals surface area contributed by atoms with Gasteiger partial charge in [-0.1, -0.05) is 0 Å². The molecular weight excluding hydrogens is 260 g/mol. The van der Waals surface area contributed by atoms with Gasteiger partial charge in [-0.25, -0.2) is 9.59 Å². The molecule has 2 atom stereocenters. The van der Waals surface area contributed by atoms with Crippen LogP contribution in [0.15, 0.2) is 0 Å². The van der Waals surface area contributed by atoms with E-state index in [1.807, 2.05) is 20.8 Å². The van der Waals surface area contributed by atoms with E-state index in [4.69, 9.17) is 9.47 Å². The standard InChI is InChI=1S/C14H24N2O4/c1-5-19-11(17)14-7-8-15-10(14)6-9-16(14)12(18)20-13(2,3)4/h10,15H,5-9H2,1-4H3. The van der Waals surface area contributed by atoms with Gasteiger partial charge in [-0.15, -0.1) is 0 Å². The number of nitrogens with zero attached hydrogens (tertiary/aromatic N) is 1. The van der Waals surface area contributed by atoms with Gasteiger partial charge in [-0.05, 0) is 47.1 Å². The fourth-order valence-electron chi connectivity index (χ4n) is 3.08. The molecule has 1 N–H and O–H groups in total. The predicted octanol–water partition coefficient (Wildman–Crippen LogP) is 1.29. The van der Waals surface area contributed by atoms with Gasteiger partial charge in [0.15, 0.2) is 5.54 Å². The van der Waals surface area contributed by atoms with E-state index < -0.39 is 17.2 Å². The average Bonchev–Trinajstić information content (AvgIpc) is 2.84. The Morgan fingerprint density at radius 1 is 1.40 bits per heavy atom. The Kier molecular flexibility index (Phi) is 3.95. The van der Waals surface area contributed by atoms with E-state index >= 15 is 0 Å². The monoisotopic (exact) mass is 284 g/mol. The number of nitrogens with one attached hydrogen (secondary N) is 1. The summed E-state index contributed by atoms with van der Waals surface area (Å²) in [6, 6.07) is -0.0333. The Balaban J connectivity index is 2.23. The molecule has 114 valence electrons. The third-order valence-corrected chi connectivity index (χ3v) is 3.84. The van der Waals surface area contributed by atoms with E-state index in [0.29, 0.717) is 26.1 Å². The van der Waals surface area contributed by atoms with Crippen molar-refractivity contribution >= 4 is 12.1 Å². The second-order valence-corrected chi connectivity index (χ2v) is 6.32. The van der Waals surface area contributed by atoms with Gasteiger partial charge in [0.05, 0.1) is 6.61 Å². The largest absolute Gasteiger partial charge is 0.464 e. The maximum absolute atomic E-state index is 12.4. The minimum atomic E-state index is -0.891. The summed E-state index contributed by atoms with van der Waals surface area (Å²) in [6.45, 7) is 8.79. The normalized spacial score (nSPS) is 29.2. The summed E-state index contributed by atoms with van der Waals surface area (Å²) in [5.41, 5.74) is -1.46. The Morgan fingerprint density at radius 2 is 2.10 bits per heavy atom. The van der Waals surface area contributed by atoms with Crippen LogP contribution in [0.2, 0.25) is 0 Å². The van der Waals surface area contributed by atoms with Crippen molar-refractivity contribution in [3.8, 4) is 0 Å². The van der Waals surface area contributed by atoms with Gasteiger partial charge in [0.1, 0.15) is 5.60 Å². The van der Waals surface area contributed by atoms with Gasteiger partial charge in [0.25, 0.3) is 0 Å². The third kappa shape index (κ3) is 2.49. The predicted molar refractivity (Wildman–Crippen MR) is 73.3 cm³/mol. The number of carbonyl (C=O) groups is 2. The van der Waals surface area contributed by atoms with Crippen LogP contribution in [-0.2, 0) is 14.3 Å². The Labute approximate surface area is 119 Å². The number of fused-ring (bicyclic) bond motifs is 1. The zero-order valence-corrected chi connectivity index (χ0v) is 12.7. The van der Waals surface area contributed by atoms with Crippen molar-refractivity contribution in [2.75, 3.05) is 19.7 Å². The molecular formula is C14H24N2O4. The Bertz CT molecular complexity index is 404. The maximum Gasteiger partial charge on any atom is 0.411 e. The Morgan fingerprint density at radius 3 is 2.70 bits per heavy atom. The van der Waals surface area contributed by atoms with Crippen LogP contribution >= 0.6 is 0 Å². The first kappa shape index (κ1) is 15.1. The minimum absolute atomic E-state index is 0.0333. The summed E-state index contributed by atoms with van der Waals surface area (Å²) in [5.74, 6) is -0.321. The maximum atomic E-state index is 12.4. The molecule has 1 amide bonds. The number of carbonyl (C=O) groups excluding carboxylic acids is 2. The van der Waals surface area contributed by atoms with Crippen LogP contribution in [-0.4, -0.2) is 53.8 Å². The van der Waals surface area contributed by atoms with Gasteiger partial charge in [-0.3, -0.25) is 4.90 Å². The first-order chi connectivity index (χ1) is 9.31. The fourth-order valence-corrected chi connectivity index (χ4v) is 3.08. The molecule has 6 heteroatoms. The van der Waals surface area contributed by atoms with Crippen LogP contribution < -0.4 is 5.32 Å². The van der Waals surface area contributed by atoms with Crippen LogP contribution in [0.5, 0.6) is 0 Å². The number of likely N-dealkylation sites (tertiary alicyclic amines) is 1. The molecule has 0 bridgehead atoms. The number of hydrogen-bond acceptors (Lipinski definition) is 5. The van der Waals surface area contributed by atoms with Crippen LogP contribution in [0.4, 0.5) is 4.79 Å². The number of rotatable bonds is 2. The topological polar surface area (TPSA) is 67.9 Å². The Hall–Kier alpha value is -1.30. The second-order valence-electron chi connectivity index (χ2n) is 6.32. The average molecular weight is 284 g/mol. The minimum Gasteiger partial charge on any atom is -0.464 e. The van der Waals surface area contributed by atoms with Crippen LogP contribution in [0.3, 0.4) is 0 Å². The van der Waals surface area contributed by atoms with Crippen molar-refractivity contribution in [3.05, 3.63) is 0 Å². The van der Waals surface area contributed by atoms with E-state index in [2.05, 4.69) is 5.32 Å². The second kappa shape index (κ2) is 5.24. The van der Waals surface area contributed by atoms with Crippen molar-refractivity contribution in [1.82, 2.24) is 10.2 Å². The van der Waals surface area contributed by atoms with Gasteiger partial charge in [0.2, 0.25) is 0 Å². The van der Waals surface area contributed by atoms with Gasteiger partial charge in [0, 0.05) is 12.6 Å². The molecule has 0 aromatic carbocycles. The molecule has 0 aromatic heterocycles. The SMILES string of the molecule is CCOC(=O)C12CCNC1CCN2C(=O)OC(C)(C)C. The summed E-state index contributed by atoms with van der Waals surface area (Å²) in [5, 5.41) is 3.30. The number of esters is 1. The van der Waals surface area contributed by atoms with E-state index in [1.165, 1.54) is 0 Å². The highest BCUT2D eigenvalue weighted by atomic mass is 16.6. The van der Waals surface area contributed by atoms with Crippen LogP contribution in [0, 0.1) is 0 Å². The van der Waals surface area contributed by atoms with E-state index in [1.54, 1.807) is 11.8 Å². The van der Waals surface area contributed by atoms with Crippen LogP contribution in [0.1, 0.15) is 40.5 Å². The third-order valence-electron chi connectivity index (χ3n) is 3.84. The molecule has 2 aliphatic rings. The molecule has 2 unspecified atom stereocenters. The molecule has 6 nitrogen and oxygen atoms in total. The number of hydrogen-bond donors (Lipinski definition) is 1. The molecule has 0 aromatic rings. The first-order valence-corrected chi connectivity index (χ1v) is 7.22. The van der Waals surface area contributed by atoms with Crippen molar-refractivity contribution in [3.63, 3.8) is 0 Å². The quantitative estimate of drug-likeness (QED) is 0.774. The van der Waals surface area contributed by atoms with E-state index in [9.17, 15) is 9.59 Å². The highest BCUT2D eigenvalue weighted by Crippen LogP contribution is 2.38. The summed E-state index contributed by atoms with van der Waals surface area (Å²) >= 11 is 0. The van der Waals surface area contributed by atoms with Crippen molar-refractivity contribution < 1.29 is 19.1 Å². The smallest absolute Gasteiger partial charge is 0.411 e. The van der Waals surface area contributed by atoms with Gasteiger partial charge < -0.3 is 14.8 Å². The summed E-state index contributed by atoms with van der Waals surface area (Å²) in [6.07, 6.45) is 0.894. The van der Waals surface area contributed by atoms with E-state index in [-0.39, 0.29) is 12.0 Å². The molecule has 0 aliphatic carbocycles. The van der Waals surface area contributed by atoms with Crippen molar-refractivity contribution in [2.45, 2.75) is 57.7 Å². The van der Waals surface area contributed by atoms with Crippen LogP contribution in [0.25, 0.3) is 0 Å². The first-order valence-electron chi connectivity index (χ1n) is 7.22. The molecule has 2 heterocycles. The zero-order chi connectivity index (χ0) is 15.0. The fraction of sp³-hybridized carbons (Fsp3) is 0.857. The highest BCUT2D eigenvalue weighted by Gasteiger charge is 2.60. The van der Waals surface area contributed by atoms with E-state index in [0.717, 1.165) is 6.42 Å². The lowest BCUT2D eigenvalue weighted by atomic mass is 9.91. The lowest BCUT2D eigenvalue weighted by Gasteiger charge is -2.36. The van der Waals surface area contributed by atoms with Crippen molar-refractivity contribution in [2.24, 2.45) is 0 Å². The zero-order valence-electron chi connectivity index (χ0n) is 12.7. The van der Waals surface area contributed by atoms with Gasteiger partial charge >= 0.3 is 12.1 Å². The molecule has 2 rings (SSSR count). The summed E-state index contributed by atoms with van der Waals surface area (Å²) < 4.78 is 10.6. The summed E-state index contributed by atoms with van der Waals surface area (Å²) in [4.78, 5) is 26.4. The molecule has 0 saturated carbocycles. The molecule has 0 radical (unpaired) electrons.